The van der Waals surface area contributed by atoms with Crippen LogP contribution in [0.1, 0.15) is 0 Å². The molecule has 0 heterocycles. The lowest BCUT2D eigenvalue weighted by Gasteiger charge is -2.26. The summed E-state index contributed by atoms with van der Waals surface area (Å²) in [5.41, 5.74) is 10.7. The van der Waals surface area contributed by atoms with Crippen molar-refractivity contribution in [3.05, 3.63) is 212 Å². The minimum absolute atomic E-state index is 1.11. The first kappa shape index (κ1) is 30.8. The molecule has 0 fully saturated rings. The first-order valence-corrected chi connectivity index (χ1v) is 18.3. The van der Waals surface area contributed by atoms with Gasteiger partial charge in [0.2, 0.25) is 0 Å². The molecule has 0 N–H and O–H groups in total. The van der Waals surface area contributed by atoms with Crippen molar-refractivity contribution in [3.8, 4) is 33.4 Å². The molecule has 0 atom stereocenters. The fourth-order valence-electron chi connectivity index (χ4n) is 8.21. The predicted octanol–water partition coefficient (Wildman–Crippen LogP) is 14.8. The van der Waals surface area contributed by atoms with Gasteiger partial charge in [0.1, 0.15) is 0 Å². The van der Waals surface area contributed by atoms with Gasteiger partial charge in [0.15, 0.2) is 0 Å². The van der Waals surface area contributed by atoms with E-state index in [0.29, 0.717) is 0 Å². The molecule has 0 aliphatic carbocycles. The van der Waals surface area contributed by atoms with Crippen molar-refractivity contribution < 1.29 is 0 Å². The molecule has 53 heavy (non-hydrogen) atoms. The summed E-state index contributed by atoms with van der Waals surface area (Å²) in [5, 5.41) is 10.1. The summed E-state index contributed by atoms with van der Waals surface area (Å²) in [6, 6.07) is 77.2. The molecule has 0 bridgehead atoms. The second-order valence-electron chi connectivity index (χ2n) is 13.7. The number of nitrogens with zero attached hydrogens (tertiary/aromatic N) is 1. The first-order valence-electron chi connectivity index (χ1n) is 18.3. The van der Waals surface area contributed by atoms with Crippen LogP contribution >= 0.6 is 0 Å². The Morgan fingerprint density at radius 2 is 0.736 bits per heavy atom. The van der Waals surface area contributed by atoms with Crippen LogP contribution in [0.3, 0.4) is 0 Å². The third-order valence-corrected chi connectivity index (χ3v) is 10.6. The molecule has 0 radical (unpaired) electrons. The van der Waals surface area contributed by atoms with Crippen LogP contribution in [-0.2, 0) is 0 Å². The quantitative estimate of drug-likeness (QED) is 0.159. The molecule has 0 unspecified atom stereocenters. The number of rotatable bonds is 6. The lowest BCUT2D eigenvalue weighted by molar-refractivity contribution is 1.28. The molecular formula is C52H35N. The van der Waals surface area contributed by atoms with E-state index in [1.807, 2.05) is 0 Å². The van der Waals surface area contributed by atoms with E-state index in [9.17, 15) is 0 Å². The van der Waals surface area contributed by atoms with Crippen molar-refractivity contribution in [3.63, 3.8) is 0 Å². The summed E-state index contributed by atoms with van der Waals surface area (Å²) in [6.07, 6.45) is 0. The van der Waals surface area contributed by atoms with Gasteiger partial charge in [-0.2, -0.15) is 0 Å². The van der Waals surface area contributed by atoms with E-state index in [1.165, 1.54) is 76.5 Å². The van der Waals surface area contributed by atoms with Gasteiger partial charge >= 0.3 is 0 Å². The largest absolute Gasteiger partial charge is 0.311 e. The predicted molar refractivity (Wildman–Crippen MR) is 227 cm³/mol. The fraction of sp³-hybridized carbons (Fsp3) is 0. The number of hydrogen-bond donors (Lipinski definition) is 0. The Morgan fingerprint density at radius 1 is 0.264 bits per heavy atom. The Labute approximate surface area is 309 Å². The molecule has 0 aromatic heterocycles. The number of para-hydroxylation sites is 2. The highest BCUT2D eigenvalue weighted by atomic mass is 15.1. The van der Waals surface area contributed by atoms with Crippen LogP contribution in [0.4, 0.5) is 17.1 Å². The van der Waals surface area contributed by atoms with Crippen molar-refractivity contribution >= 4 is 60.2 Å². The Morgan fingerprint density at radius 3 is 1.36 bits per heavy atom. The lowest BCUT2D eigenvalue weighted by atomic mass is 9.81. The van der Waals surface area contributed by atoms with Gasteiger partial charge in [0.05, 0.1) is 0 Å². The highest BCUT2D eigenvalue weighted by Gasteiger charge is 2.22. The normalized spacial score (nSPS) is 11.4. The van der Waals surface area contributed by atoms with Gasteiger partial charge in [0, 0.05) is 17.1 Å². The second-order valence-corrected chi connectivity index (χ2v) is 13.7. The van der Waals surface area contributed by atoms with Crippen LogP contribution in [0.5, 0.6) is 0 Å². The topological polar surface area (TPSA) is 3.24 Å². The van der Waals surface area contributed by atoms with Crippen molar-refractivity contribution in [2.75, 3.05) is 4.90 Å². The van der Waals surface area contributed by atoms with Crippen LogP contribution in [0.15, 0.2) is 212 Å². The minimum Gasteiger partial charge on any atom is -0.311 e. The molecule has 10 aromatic rings. The molecule has 0 aliphatic rings. The summed E-state index contributed by atoms with van der Waals surface area (Å²) >= 11 is 0. The molecule has 10 aromatic carbocycles. The molecule has 0 saturated carbocycles. The number of benzene rings is 10. The van der Waals surface area contributed by atoms with E-state index in [1.54, 1.807) is 0 Å². The summed E-state index contributed by atoms with van der Waals surface area (Å²) in [7, 11) is 0. The maximum atomic E-state index is 2.45. The zero-order valence-electron chi connectivity index (χ0n) is 29.2. The van der Waals surface area contributed by atoms with Crippen molar-refractivity contribution in [1.29, 1.82) is 0 Å². The van der Waals surface area contributed by atoms with Crippen LogP contribution < -0.4 is 4.90 Å². The summed E-state index contributed by atoms with van der Waals surface area (Å²) in [5.74, 6) is 0. The van der Waals surface area contributed by atoms with E-state index < -0.39 is 0 Å². The smallest absolute Gasteiger partial charge is 0.0462 e. The molecule has 1 heteroatoms. The molecular weight excluding hydrogens is 639 g/mol. The van der Waals surface area contributed by atoms with Crippen LogP contribution in [0.2, 0.25) is 0 Å². The third kappa shape index (κ3) is 5.34. The Bertz CT molecular complexity index is 2870. The van der Waals surface area contributed by atoms with Gasteiger partial charge in [-0.15, -0.1) is 0 Å². The van der Waals surface area contributed by atoms with Gasteiger partial charge in [-0.1, -0.05) is 164 Å². The van der Waals surface area contributed by atoms with E-state index in [0.717, 1.165) is 17.1 Å². The average molecular weight is 674 g/mol. The van der Waals surface area contributed by atoms with E-state index in [4.69, 9.17) is 0 Å². The van der Waals surface area contributed by atoms with Crippen LogP contribution in [0.25, 0.3) is 76.5 Å². The van der Waals surface area contributed by atoms with Gasteiger partial charge in [-0.05, 0) is 125 Å². The van der Waals surface area contributed by atoms with Gasteiger partial charge in [0.25, 0.3) is 0 Å². The average Bonchev–Trinajstić information content (AvgIpc) is 3.24. The highest BCUT2D eigenvalue weighted by molar-refractivity contribution is 6.33. The molecule has 0 saturated heterocycles. The third-order valence-electron chi connectivity index (χ3n) is 10.6. The van der Waals surface area contributed by atoms with Crippen molar-refractivity contribution in [2.45, 2.75) is 0 Å². The van der Waals surface area contributed by atoms with Crippen LogP contribution in [-0.4, -0.2) is 0 Å². The Balaban J connectivity index is 1.32. The molecule has 0 amide bonds. The lowest BCUT2D eigenvalue weighted by Crippen LogP contribution is -2.09. The monoisotopic (exact) mass is 673 g/mol. The maximum absolute atomic E-state index is 2.45. The first-order chi connectivity index (χ1) is 26.3. The van der Waals surface area contributed by atoms with E-state index in [-0.39, 0.29) is 0 Å². The molecule has 248 valence electrons. The fourth-order valence-corrected chi connectivity index (χ4v) is 8.21. The second kappa shape index (κ2) is 13.0. The molecule has 0 aliphatic heterocycles. The summed E-state index contributed by atoms with van der Waals surface area (Å²) in [4.78, 5) is 2.33. The number of fused-ring (bicyclic) bond motifs is 7. The van der Waals surface area contributed by atoms with Crippen LogP contribution in [0, 0.1) is 0 Å². The number of hydrogen-bond acceptors (Lipinski definition) is 1. The highest BCUT2D eigenvalue weighted by Crippen LogP contribution is 2.49. The van der Waals surface area contributed by atoms with Crippen molar-refractivity contribution in [1.82, 2.24) is 0 Å². The minimum atomic E-state index is 1.11. The van der Waals surface area contributed by atoms with Gasteiger partial charge in [-0.3, -0.25) is 0 Å². The van der Waals surface area contributed by atoms with E-state index in [2.05, 4.69) is 217 Å². The summed E-state index contributed by atoms with van der Waals surface area (Å²) in [6.45, 7) is 0. The zero-order valence-corrected chi connectivity index (χ0v) is 29.2. The molecule has 1 nitrogen and oxygen atoms in total. The number of anilines is 3. The molecule has 0 spiro atoms. The standard InChI is InChI=1S/C52H35N/c1-4-17-37(18-5-1)48-35-49(40-29-28-36-16-10-11-19-39(36)34-40)50(52-47-27-15-13-25-45(47)44-24-12-14-26-46(44)51(48)52)38-30-32-43(33-31-38)53(41-20-6-2-7-21-41)42-22-8-3-9-23-42/h1-35H. The SMILES string of the molecule is c1ccc(-c2cc(-c3ccc4ccccc4c3)c(-c3ccc(N(c4ccccc4)c4ccccc4)cc3)c3c4ccccc4c4ccccc4c23)cc1. The molecule has 10 rings (SSSR count). The Kier molecular flexibility index (Phi) is 7.55. The zero-order chi connectivity index (χ0) is 35.1. The summed E-state index contributed by atoms with van der Waals surface area (Å²) < 4.78 is 0. The maximum Gasteiger partial charge on any atom is 0.0462 e. The van der Waals surface area contributed by atoms with Gasteiger partial charge in [-0.25, -0.2) is 0 Å². The van der Waals surface area contributed by atoms with Crippen molar-refractivity contribution in [2.24, 2.45) is 0 Å². The van der Waals surface area contributed by atoms with E-state index >= 15 is 0 Å². The van der Waals surface area contributed by atoms with Gasteiger partial charge < -0.3 is 4.90 Å². The Hall–Kier alpha value is -6.96.